The van der Waals surface area contributed by atoms with Gasteiger partial charge in [0.2, 0.25) is 0 Å². The Kier molecular flexibility index (Phi) is 3.40. The fraction of sp³-hybridized carbons (Fsp3) is 0. The molecule has 19 heavy (non-hydrogen) atoms. The predicted octanol–water partition coefficient (Wildman–Crippen LogP) is 4.25. The van der Waals surface area contributed by atoms with Crippen molar-refractivity contribution >= 4 is 38.5 Å². The van der Waals surface area contributed by atoms with Gasteiger partial charge in [0.1, 0.15) is 5.75 Å². The third-order valence-electron chi connectivity index (χ3n) is 2.66. The fourth-order valence-corrected chi connectivity index (χ4v) is 2.83. The van der Waals surface area contributed by atoms with Crippen molar-refractivity contribution in [3.05, 3.63) is 53.3 Å². The maximum absolute atomic E-state index is 9.85. The van der Waals surface area contributed by atoms with Gasteiger partial charge in [-0.2, -0.15) is 0 Å². The number of aromatic hydroxyl groups is 1. The van der Waals surface area contributed by atoms with E-state index < -0.39 is 0 Å². The Morgan fingerprint density at radius 2 is 1.63 bits per heavy atom. The second-order valence-corrected chi connectivity index (χ2v) is 5.84. The fourth-order valence-electron chi connectivity index (χ4n) is 1.80. The van der Waals surface area contributed by atoms with Crippen LogP contribution in [0, 0.1) is 0 Å². The van der Waals surface area contributed by atoms with Crippen LogP contribution < -0.4 is 0 Å². The zero-order chi connectivity index (χ0) is 13.2. The highest BCUT2D eigenvalue weighted by Crippen LogP contribution is 2.35. The quantitative estimate of drug-likeness (QED) is 0.712. The summed E-state index contributed by atoms with van der Waals surface area (Å²) in [4.78, 5) is 9.51. The molecule has 0 fully saturated rings. The van der Waals surface area contributed by atoms with Crippen LogP contribution in [-0.4, -0.2) is 15.1 Å². The van der Waals surface area contributed by atoms with Gasteiger partial charge in [0.15, 0.2) is 5.16 Å². The summed E-state index contributed by atoms with van der Waals surface area (Å²) >= 11 is 4.79. The second kappa shape index (κ2) is 5.19. The van der Waals surface area contributed by atoms with Crippen LogP contribution in [0.4, 0.5) is 0 Å². The maximum Gasteiger partial charge on any atom is 0.192 e. The Morgan fingerprint density at radius 1 is 0.947 bits per heavy atom. The largest absolute Gasteiger partial charge is 0.507 e. The number of hydrogen-bond donors (Lipinski definition) is 1. The topological polar surface area (TPSA) is 46.0 Å². The summed E-state index contributed by atoms with van der Waals surface area (Å²) < 4.78 is 0.854. The van der Waals surface area contributed by atoms with Crippen molar-refractivity contribution in [2.24, 2.45) is 0 Å². The molecule has 2 aromatic carbocycles. The molecule has 1 heterocycles. The van der Waals surface area contributed by atoms with Crippen LogP contribution in [0.15, 0.2) is 63.3 Å². The van der Waals surface area contributed by atoms with Crippen molar-refractivity contribution in [1.29, 1.82) is 0 Å². The van der Waals surface area contributed by atoms with Gasteiger partial charge < -0.3 is 5.11 Å². The van der Waals surface area contributed by atoms with Crippen LogP contribution in [0.2, 0.25) is 0 Å². The van der Waals surface area contributed by atoms with Crippen LogP contribution in [0.1, 0.15) is 0 Å². The summed E-state index contributed by atoms with van der Waals surface area (Å²) in [5.74, 6) is 0.289. The highest BCUT2D eigenvalue weighted by atomic mass is 79.9. The van der Waals surface area contributed by atoms with Crippen LogP contribution >= 0.6 is 27.7 Å². The van der Waals surface area contributed by atoms with Gasteiger partial charge in [0.05, 0.1) is 4.47 Å². The highest BCUT2D eigenvalue weighted by Gasteiger charge is 2.07. The van der Waals surface area contributed by atoms with E-state index in [1.807, 2.05) is 30.3 Å². The molecule has 0 atom stereocenters. The molecule has 0 spiro atoms. The molecule has 0 aliphatic carbocycles. The Balaban J connectivity index is 2.06. The van der Waals surface area contributed by atoms with Crippen LogP contribution in [-0.2, 0) is 0 Å². The molecule has 0 aliphatic heterocycles. The molecular weight excluding hydrogens is 324 g/mol. The molecule has 0 saturated heterocycles. The molecule has 0 unspecified atom stereocenters. The van der Waals surface area contributed by atoms with Gasteiger partial charge in [-0.05, 0) is 45.2 Å². The van der Waals surface area contributed by atoms with E-state index in [0.717, 1.165) is 20.1 Å². The Morgan fingerprint density at radius 3 is 2.37 bits per heavy atom. The first-order chi connectivity index (χ1) is 9.24. The van der Waals surface area contributed by atoms with Crippen molar-refractivity contribution < 1.29 is 5.11 Å². The van der Waals surface area contributed by atoms with E-state index in [-0.39, 0.29) is 5.75 Å². The normalized spacial score (nSPS) is 10.8. The summed E-state index contributed by atoms with van der Waals surface area (Å²) in [5.41, 5.74) is 0. The van der Waals surface area contributed by atoms with Gasteiger partial charge in [-0.15, -0.1) is 0 Å². The smallest absolute Gasteiger partial charge is 0.192 e. The van der Waals surface area contributed by atoms with Crippen LogP contribution in [0.5, 0.6) is 5.75 Å². The van der Waals surface area contributed by atoms with Crippen molar-refractivity contribution in [1.82, 2.24) is 9.97 Å². The van der Waals surface area contributed by atoms with E-state index in [2.05, 4.69) is 25.9 Å². The van der Waals surface area contributed by atoms with E-state index >= 15 is 0 Å². The van der Waals surface area contributed by atoms with Gasteiger partial charge in [-0.1, -0.05) is 24.3 Å². The lowest BCUT2D eigenvalue weighted by molar-refractivity contribution is 0.481. The third kappa shape index (κ3) is 2.57. The molecule has 0 saturated carbocycles. The zero-order valence-corrected chi connectivity index (χ0v) is 12.1. The van der Waals surface area contributed by atoms with Crippen LogP contribution in [0.25, 0.3) is 10.8 Å². The standard InChI is InChI=1S/C14H9BrN2OS/c15-9-7-16-14(17-8-9)19-13-6-5-12(18)10-3-1-2-4-11(10)13/h1-8,18H. The van der Waals surface area contributed by atoms with E-state index in [1.165, 1.54) is 11.8 Å². The molecule has 94 valence electrons. The van der Waals surface area contributed by atoms with Gasteiger partial charge in [-0.25, -0.2) is 9.97 Å². The predicted molar refractivity (Wildman–Crippen MR) is 79.5 cm³/mol. The number of phenolic OH excluding ortho intramolecular Hbond substituents is 1. The molecule has 5 heteroatoms. The molecule has 0 aliphatic rings. The molecule has 0 radical (unpaired) electrons. The minimum atomic E-state index is 0.289. The SMILES string of the molecule is Oc1ccc(Sc2ncc(Br)cn2)c2ccccc12. The number of rotatable bonds is 2. The highest BCUT2D eigenvalue weighted by molar-refractivity contribution is 9.10. The summed E-state index contributed by atoms with van der Waals surface area (Å²) in [5, 5.41) is 12.4. The van der Waals surface area contributed by atoms with Crippen molar-refractivity contribution in [3.8, 4) is 5.75 Å². The van der Waals surface area contributed by atoms with Crippen molar-refractivity contribution in [3.63, 3.8) is 0 Å². The monoisotopic (exact) mass is 332 g/mol. The lowest BCUT2D eigenvalue weighted by Crippen LogP contribution is -1.85. The second-order valence-electron chi connectivity index (χ2n) is 3.91. The Labute approximate surface area is 122 Å². The summed E-state index contributed by atoms with van der Waals surface area (Å²) in [6.45, 7) is 0. The molecule has 3 nitrogen and oxygen atoms in total. The molecule has 0 bridgehead atoms. The van der Waals surface area contributed by atoms with E-state index in [0.29, 0.717) is 5.16 Å². The summed E-state index contributed by atoms with van der Waals surface area (Å²) in [6, 6.07) is 11.3. The first-order valence-electron chi connectivity index (χ1n) is 5.60. The van der Waals surface area contributed by atoms with E-state index in [9.17, 15) is 5.11 Å². The number of nitrogens with zero attached hydrogens (tertiary/aromatic N) is 2. The van der Waals surface area contributed by atoms with Gasteiger partial charge >= 0.3 is 0 Å². The summed E-state index contributed by atoms with van der Waals surface area (Å²) in [6.07, 6.45) is 3.44. The Bertz CT molecular complexity index is 731. The van der Waals surface area contributed by atoms with Crippen LogP contribution in [0.3, 0.4) is 0 Å². The summed E-state index contributed by atoms with van der Waals surface area (Å²) in [7, 11) is 0. The van der Waals surface area contributed by atoms with Crippen molar-refractivity contribution in [2.75, 3.05) is 0 Å². The molecule has 3 rings (SSSR count). The average molecular weight is 333 g/mol. The molecule has 3 aromatic rings. The number of phenols is 1. The van der Waals surface area contributed by atoms with E-state index in [1.54, 1.807) is 18.5 Å². The number of benzene rings is 2. The minimum absolute atomic E-state index is 0.289. The molecule has 0 amide bonds. The van der Waals surface area contributed by atoms with Gasteiger partial charge in [0.25, 0.3) is 0 Å². The molecule has 1 aromatic heterocycles. The van der Waals surface area contributed by atoms with Gasteiger partial charge in [0, 0.05) is 22.7 Å². The lowest BCUT2D eigenvalue weighted by atomic mass is 10.1. The number of halogens is 1. The lowest BCUT2D eigenvalue weighted by Gasteiger charge is -2.06. The zero-order valence-electron chi connectivity index (χ0n) is 9.75. The molecular formula is C14H9BrN2OS. The minimum Gasteiger partial charge on any atom is -0.507 e. The third-order valence-corrected chi connectivity index (χ3v) is 4.04. The number of aromatic nitrogens is 2. The average Bonchev–Trinajstić information content (AvgIpc) is 2.45. The molecule has 1 N–H and O–H groups in total. The van der Waals surface area contributed by atoms with Gasteiger partial charge in [-0.3, -0.25) is 0 Å². The first kappa shape index (κ1) is 12.4. The number of fused-ring (bicyclic) bond motifs is 1. The maximum atomic E-state index is 9.85. The van der Waals surface area contributed by atoms with E-state index in [4.69, 9.17) is 0 Å². The Hall–Kier alpha value is -1.59. The first-order valence-corrected chi connectivity index (χ1v) is 7.21. The number of hydrogen-bond acceptors (Lipinski definition) is 4. The van der Waals surface area contributed by atoms with Crippen molar-refractivity contribution in [2.45, 2.75) is 10.1 Å².